The highest BCUT2D eigenvalue weighted by Gasteiger charge is 2.22. The van der Waals surface area contributed by atoms with Gasteiger partial charge in [-0.05, 0) is 46.6 Å². The maximum atomic E-state index is 13.3. The van der Waals surface area contributed by atoms with Crippen LogP contribution in [0.2, 0.25) is 0 Å². The third-order valence-corrected chi connectivity index (χ3v) is 4.97. The molecule has 0 spiro atoms. The molecule has 1 heterocycles. The van der Waals surface area contributed by atoms with Gasteiger partial charge < -0.3 is 24.5 Å². The summed E-state index contributed by atoms with van der Waals surface area (Å²) in [7, 11) is 1.46. The van der Waals surface area contributed by atoms with Crippen molar-refractivity contribution in [2.45, 2.75) is 40.5 Å². The number of allylic oxidation sites excluding steroid dienone is 4. The summed E-state index contributed by atoms with van der Waals surface area (Å²) in [5, 5.41) is 31.6. The summed E-state index contributed by atoms with van der Waals surface area (Å²) in [6.07, 6.45) is 4.57. The zero-order chi connectivity index (χ0) is 22.2. The molecule has 3 N–H and O–H groups in total. The number of methoxy groups -OCH3 is 1. The zero-order valence-electron chi connectivity index (χ0n) is 17.8. The molecule has 158 valence electrons. The van der Waals surface area contributed by atoms with Gasteiger partial charge in [-0.15, -0.1) is 0 Å². The van der Waals surface area contributed by atoms with E-state index in [0.717, 1.165) is 11.1 Å². The molecule has 6 heteroatoms. The third-order valence-electron chi connectivity index (χ3n) is 4.97. The first-order chi connectivity index (χ1) is 14.1. The van der Waals surface area contributed by atoms with E-state index in [1.165, 1.54) is 19.2 Å². The minimum atomic E-state index is -0.501. The molecule has 0 atom stereocenters. The van der Waals surface area contributed by atoms with Gasteiger partial charge in [-0.3, -0.25) is 4.79 Å². The molecule has 3 aromatic rings. The standard InChI is InChI=1S/C24H26O6/c1-12(2)6-8-14-10-16-21(27)19-17(25)11-18(29-5)15(9-7-13(3)4)23(19)30-24(16)22(28)20(14)26/h6-7,10-11,25-26,28H,8-9H2,1-5H3. The molecule has 1 aromatic heterocycles. The van der Waals surface area contributed by atoms with Crippen LogP contribution in [0.25, 0.3) is 21.9 Å². The number of hydrogen-bond acceptors (Lipinski definition) is 6. The highest BCUT2D eigenvalue weighted by atomic mass is 16.5. The summed E-state index contributed by atoms with van der Waals surface area (Å²) in [5.41, 5.74) is 2.56. The minimum absolute atomic E-state index is 0.0127. The Labute approximate surface area is 174 Å². The highest BCUT2D eigenvalue weighted by Crippen LogP contribution is 2.41. The van der Waals surface area contributed by atoms with Crippen LogP contribution in [-0.4, -0.2) is 22.4 Å². The second kappa shape index (κ2) is 8.14. The van der Waals surface area contributed by atoms with Gasteiger partial charge in [0.05, 0.1) is 12.5 Å². The molecular formula is C24H26O6. The van der Waals surface area contributed by atoms with Crippen LogP contribution in [0.5, 0.6) is 23.0 Å². The van der Waals surface area contributed by atoms with E-state index in [0.29, 0.717) is 29.7 Å². The first kappa shape index (κ1) is 21.3. The normalized spacial score (nSPS) is 11.0. The molecule has 0 amide bonds. The maximum Gasteiger partial charge on any atom is 0.204 e. The molecule has 0 radical (unpaired) electrons. The van der Waals surface area contributed by atoms with Crippen LogP contribution in [0.3, 0.4) is 0 Å². The molecule has 0 aliphatic rings. The van der Waals surface area contributed by atoms with Gasteiger partial charge in [0.2, 0.25) is 11.2 Å². The van der Waals surface area contributed by atoms with Crippen LogP contribution in [0, 0.1) is 0 Å². The lowest BCUT2D eigenvalue weighted by molar-refractivity contribution is 0.396. The van der Waals surface area contributed by atoms with Gasteiger partial charge in [-0.25, -0.2) is 0 Å². The van der Waals surface area contributed by atoms with Crippen molar-refractivity contribution in [2.24, 2.45) is 0 Å². The monoisotopic (exact) mass is 410 g/mol. The van der Waals surface area contributed by atoms with Crippen molar-refractivity contribution in [1.29, 1.82) is 0 Å². The predicted octanol–water partition coefficient (Wildman–Crippen LogP) is 5.09. The quantitative estimate of drug-likeness (QED) is 0.308. The number of phenolic OH excluding ortho intramolecular Hbond substituents is 3. The van der Waals surface area contributed by atoms with Crippen molar-refractivity contribution in [3.63, 3.8) is 0 Å². The summed E-state index contributed by atoms with van der Waals surface area (Å²) >= 11 is 0. The largest absolute Gasteiger partial charge is 0.507 e. The first-order valence-corrected chi connectivity index (χ1v) is 9.65. The first-order valence-electron chi connectivity index (χ1n) is 9.65. The van der Waals surface area contributed by atoms with Crippen LogP contribution in [0.4, 0.5) is 0 Å². The summed E-state index contributed by atoms with van der Waals surface area (Å²) in [5.74, 6) is -0.736. The van der Waals surface area contributed by atoms with E-state index < -0.39 is 11.2 Å². The van der Waals surface area contributed by atoms with Crippen molar-refractivity contribution < 1.29 is 24.5 Å². The molecule has 2 aromatic carbocycles. The average molecular weight is 410 g/mol. The maximum absolute atomic E-state index is 13.3. The molecule has 6 nitrogen and oxygen atoms in total. The molecule has 0 saturated heterocycles. The van der Waals surface area contributed by atoms with E-state index in [4.69, 9.17) is 9.15 Å². The Bertz CT molecular complexity index is 1250. The van der Waals surface area contributed by atoms with Gasteiger partial charge in [-0.2, -0.15) is 0 Å². The minimum Gasteiger partial charge on any atom is -0.507 e. The smallest absolute Gasteiger partial charge is 0.204 e. The zero-order valence-corrected chi connectivity index (χ0v) is 17.8. The van der Waals surface area contributed by atoms with Gasteiger partial charge in [0, 0.05) is 17.2 Å². The lowest BCUT2D eigenvalue weighted by Gasteiger charge is -2.14. The fourth-order valence-corrected chi connectivity index (χ4v) is 3.35. The highest BCUT2D eigenvalue weighted by molar-refractivity contribution is 5.98. The Kier molecular flexibility index (Phi) is 5.78. The Morgan fingerprint density at radius 3 is 2.20 bits per heavy atom. The lowest BCUT2D eigenvalue weighted by atomic mass is 10.0. The van der Waals surface area contributed by atoms with E-state index in [2.05, 4.69) is 0 Å². The number of hydrogen-bond donors (Lipinski definition) is 3. The second-order valence-corrected chi connectivity index (χ2v) is 7.79. The second-order valence-electron chi connectivity index (χ2n) is 7.79. The van der Waals surface area contributed by atoms with Crippen LogP contribution >= 0.6 is 0 Å². The van der Waals surface area contributed by atoms with Crippen LogP contribution in [0.15, 0.2) is 44.6 Å². The van der Waals surface area contributed by atoms with Crippen molar-refractivity contribution in [2.75, 3.05) is 7.11 Å². The SMILES string of the molecule is COc1cc(O)c2c(=O)c3cc(CC=C(C)C)c(O)c(O)c3oc2c1CC=C(C)C. The van der Waals surface area contributed by atoms with Crippen molar-refractivity contribution in [3.8, 4) is 23.0 Å². The fourth-order valence-electron chi connectivity index (χ4n) is 3.35. The number of rotatable bonds is 5. The summed E-state index contributed by atoms with van der Waals surface area (Å²) in [6.45, 7) is 7.72. The van der Waals surface area contributed by atoms with E-state index in [1.807, 2.05) is 39.8 Å². The van der Waals surface area contributed by atoms with E-state index in [1.54, 1.807) is 0 Å². The Morgan fingerprint density at radius 2 is 1.60 bits per heavy atom. The molecular weight excluding hydrogens is 384 g/mol. The number of phenols is 3. The summed E-state index contributed by atoms with van der Waals surface area (Å²) in [6, 6.07) is 2.89. The van der Waals surface area contributed by atoms with Crippen LogP contribution in [0.1, 0.15) is 38.8 Å². The Morgan fingerprint density at radius 1 is 0.967 bits per heavy atom. The fraction of sp³-hybridized carbons (Fsp3) is 0.292. The number of ether oxygens (including phenoxy) is 1. The van der Waals surface area contributed by atoms with E-state index in [-0.39, 0.29) is 33.4 Å². The summed E-state index contributed by atoms with van der Waals surface area (Å²) < 4.78 is 11.3. The molecule has 0 aliphatic heterocycles. The van der Waals surface area contributed by atoms with Crippen molar-refractivity contribution >= 4 is 21.9 Å². The molecule has 30 heavy (non-hydrogen) atoms. The average Bonchev–Trinajstić information content (AvgIpc) is 2.68. The Hall–Kier alpha value is -3.41. The van der Waals surface area contributed by atoms with Crippen molar-refractivity contribution in [3.05, 3.63) is 56.8 Å². The van der Waals surface area contributed by atoms with Crippen LogP contribution in [-0.2, 0) is 12.8 Å². The van der Waals surface area contributed by atoms with Gasteiger partial charge in [0.1, 0.15) is 22.5 Å². The number of aromatic hydroxyl groups is 3. The van der Waals surface area contributed by atoms with Gasteiger partial charge in [0.25, 0.3) is 0 Å². The summed E-state index contributed by atoms with van der Waals surface area (Å²) in [4.78, 5) is 13.3. The predicted molar refractivity (Wildman–Crippen MR) is 118 cm³/mol. The Balaban J connectivity index is 2.44. The number of fused-ring (bicyclic) bond motifs is 2. The molecule has 3 rings (SSSR count). The number of benzene rings is 2. The van der Waals surface area contributed by atoms with E-state index >= 15 is 0 Å². The van der Waals surface area contributed by atoms with Gasteiger partial charge in [-0.1, -0.05) is 23.3 Å². The van der Waals surface area contributed by atoms with E-state index in [9.17, 15) is 20.1 Å². The molecule has 0 unspecified atom stereocenters. The van der Waals surface area contributed by atoms with Gasteiger partial charge in [0.15, 0.2) is 11.3 Å². The molecule has 0 aliphatic carbocycles. The van der Waals surface area contributed by atoms with Crippen molar-refractivity contribution in [1.82, 2.24) is 0 Å². The topological polar surface area (TPSA) is 100 Å². The third kappa shape index (κ3) is 3.73. The molecule has 0 fully saturated rings. The lowest BCUT2D eigenvalue weighted by Crippen LogP contribution is -2.06. The van der Waals surface area contributed by atoms with Gasteiger partial charge >= 0.3 is 0 Å². The van der Waals surface area contributed by atoms with Crippen LogP contribution < -0.4 is 10.2 Å². The molecule has 0 saturated carbocycles. The molecule has 0 bridgehead atoms.